The van der Waals surface area contributed by atoms with Crippen LogP contribution in [0, 0.1) is 0 Å². The summed E-state index contributed by atoms with van der Waals surface area (Å²) in [7, 11) is 0. The van der Waals surface area contributed by atoms with Crippen molar-refractivity contribution in [3.8, 4) is 0 Å². The second-order valence-electron chi connectivity index (χ2n) is 4.20. The van der Waals surface area contributed by atoms with Gasteiger partial charge in [0.2, 0.25) is 0 Å². The lowest BCUT2D eigenvalue weighted by Gasteiger charge is -2.17. The Morgan fingerprint density at radius 3 is 3.00 bits per heavy atom. The first-order chi connectivity index (χ1) is 8.65. The van der Waals surface area contributed by atoms with E-state index >= 15 is 0 Å². The van der Waals surface area contributed by atoms with Crippen molar-refractivity contribution in [1.29, 1.82) is 0 Å². The van der Waals surface area contributed by atoms with Crippen LogP contribution < -0.4 is 5.32 Å². The quantitative estimate of drug-likeness (QED) is 0.889. The van der Waals surface area contributed by atoms with E-state index in [1.807, 2.05) is 13.0 Å². The minimum Gasteiger partial charge on any atom is -0.467 e. The summed E-state index contributed by atoms with van der Waals surface area (Å²) in [6, 6.07) is 5.61. The number of nitrogens with zero attached hydrogens (tertiary/aromatic N) is 1. The minimum absolute atomic E-state index is 0.112. The van der Waals surface area contributed by atoms with E-state index < -0.39 is 6.10 Å². The first-order valence-corrected chi connectivity index (χ1v) is 6.53. The van der Waals surface area contributed by atoms with Gasteiger partial charge < -0.3 is 14.8 Å². The predicted molar refractivity (Wildman–Crippen MR) is 73.3 cm³/mol. The van der Waals surface area contributed by atoms with Crippen LogP contribution in [-0.2, 0) is 0 Å². The summed E-state index contributed by atoms with van der Waals surface area (Å²) in [4.78, 5) is 4.08. The Hall–Kier alpha value is -1.33. The molecule has 18 heavy (non-hydrogen) atoms. The maximum absolute atomic E-state index is 9.95. The Labute approximate surface area is 114 Å². The number of halogens is 1. The summed E-state index contributed by atoms with van der Waals surface area (Å²) in [5, 5.41) is 13.2. The standard InChI is InChI=1S/C13H15BrN2O2/c1-9(5-12(17)13-3-2-4-18-13)16-11-6-10(14)7-15-8-11/h2-4,6-9,12,16-17H,5H2,1H3. The molecule has 96 valence electrons. The summed E-state index contributed by atoms with van der Waals surface area (Å²) >= 11 is 3.37. The third-order valence-corrected chi connectivity index (χ3v) is 3.00. The van der Waals surface area contributed by atoms with Crippen molar-refractivity contribution in [3.63, 3.8) is 0 Å². The number of aromatic nitrogens is 1. The molecule has 2 heterocycles. The van der Waals surface area contributed by atoms with Gasteiger partial charge in [-0.1, -0.05) is 0 Å². The molecule has 2 N–H and O–H groups in total. The van der Waals surface area contributed by atoms with Gasteiger partial charge in [0.15, 0.2) is 0 Å². The fourth-order valence-electron chi connectivity index (χ4n) is 1.77. The number of aliphatic hydroxyl groups is 1. The smallest absolute Gasteiger partial charge is 0.132 e. The van der Waals surface area contributed by atoms with Gasteiger partial charge in [0.1, 0.15) is 11.9 Å². The zero-order valence-corrected chi connectivity index (χ0v) is 11.6. The number of hydrogen-bond donors (Lipinski definition) is 2. The molecule has 0 fully saturated rings. The highest BCUT2D eigenvalue weighted by molar-refractivity contribution is 9.10. The number of anilines is 1. The molecule has 0 aliphatic carbocycles. The summed E-state index contributed by atoms with van der Waals surface area (Å²) < 4.78 is 6.09. The van der Waals surface area contributed by atoms with Crippen LogP contribution in [0.1, 0.15) is 25.2 Å². The van der Waals surface area contributed by atoms with Gasteiger partial charge in [0, 0.05) is 23.1 Å². The van der Waals surface area contributed by atoms with Crippen molar-refractivity contribution < 1.29 is 9.52 Å². The van der Waals surface area contributed by atoms with Gasteiger partial charge in [-0.3, -0.25) is 4.98 Å². The molecule has 0 aliphatic rings. The fourth-order valence-corrected chi connectivity index (χ4v) is 2.13. The molecule has 0 saturated carbocycles. The summed E-state index contributed by atoms with van der Waals surface area (Å²) in [5.74, 6) is 0.594. The maximum Gasteiger partial charge on any atom is 0.132 e. The van der Waals surface area contributed by atoms with Gasteiger partial charge in [-0.15, -0.1) is 0 Å². The zero-order chi connectivity index (χ0) is 13.0. The van der Waals surface area contributed by atoms with Crippen LogP contribution in [0.5, 0.6) is 0 Å². The van der Waals surface area contributed by atoms with Crippen molar-refractivity contribution in [3.05, 3.63) is 47.1 Å². The Balaban J connectivity index is 1.91. The van der Waals surface area contributed by atoms with Gasteiger partial charge in [0.25, 0.3) is 0 Å². The highest BCUT2D eigenvalue weighted by atomic mass is 79.9. The van der Waals surface area contributed by atoms with Crippen LogP contribution in [0.15, 0.2) is 45.7 Å². The molecule has 0 amide bonds. The van der Waals surface area contributed by atoms with Crippen LogP contribution in [0.2, 0.25) is 0 Å². The topological polar surface area (TPSA) is 58.3 Å². The Morgan fingerprint density at radius 2 is 2.33 bits per heavy atom. The van der Waals surface area contributed by atoms with Crippen LogP contribution in [0.25, 0.3) is 0 Å². The van der Waals surface area contributed by atoms with Crippen molar-refractivity contribution in [1.82, 2.24) is 4.98 Å². The molecule has 2 aromatic rings. The second kappa shape index (κ2) is 6.02. The fraction of sp³-hybridized carbons (Fsp3) is 0.308. The SMILES string of the molecule is CC(CC(O)c1ccco1)Nc1cncc(Br)c1. The molecule has 0 aromatic carbocycles. The van der Waals surface area contributed by atoms with Gasteiger partial charge in [-0.05, 0) is 41.1 Å². The van der Waals surface area contributed by atoms with Gasteiger partial charge in [-0.2, -0.15) is 0 Å². The first-order valence-electron chi connectivity index (χ1n) is 5.73. The third-order valence-electron chi connectivity index (χ3n) is 2.57. The van der Waals surface area contributed by atoms with Gasteiger partial charge in [-0.25, -0.2) is 0 Å². The molecule has 2 atom stereocenters. The van der Waals surface area contributed by atoms with Crippen molar-refractivity contribution >= 4 is 21.6 Å². The van der Waals surface area contributed by atoms with Crippen LogP contribution in [-0.4, -0.2) is 16.1 Å². The lowest BCUT2D eigenvalue weighted by molar-refractivity contribution is 0.136. The highest BCUT2D eigenvalue weighted by Gasteiger charge is 2.14. The molecule has 4 nitrogen and oxygen atoms in total. The average molecular weight is 311 g/mol. The molecular formula is C13H15BrN2O2. The van der Waals surface area contributed by atoms with Gasteiger partial charge >= 0.3 is 0 Å². The minimum atomic E-state index is -0.595. The molecule has 0 spiro atoms. The van der Waals surface area contributed by atoms with Crippen LogP contribution >= 0.6 is 15.9 Å². The lowest BCUT2D eigenvalue weighted by atomic mass is 10.1. The molecule has 0 saturated heterocycles. The van der Waals surface area contributed by atoms with E-state index in [9.17, 15) is 5.11 Å². The maximum atomic E-state index is 9.95. The van der Waals surface area contributed by atoms with E-state index in [4.69, 9.17) is 4.42 Å². The van der Waals surface area contributed by atoms with Gasteiger partial charge in [0.05, 0.1) is 18.1 Å². The Bertz CT molecular complexity index is 487. The van der Waals surface area contributed by atoms with E-state index in [2.05, 4.69) is 26.2 Å². The number of furan rings is 1. The van der Waals surface area contributed by atoms with E-state index in [1.165, 1.54) is 0 Å². The number of rotatable bonds is 5. The Morgan fingerprint density at radius 1 is 1.50 bits per heavy atom. The Kier molecular flexibility index (Phi) is 4.38. The average Bonchev–Trinajstić information content (AvgIpc) is 2.81. The van der Waals surface area contributed by atoms with E-state index in [0.717, 1.165) is 10.2 Å². The molecule has 2 unspecified atom stereocenters. The highest BCUT2D eigenvalue weighted by Crippen LogP contribution is 2.21. The number of pyridine rings is 1. The van der Waals surface area contributed by atoms with Crippen molar-refractivity contribution in [2.75, 3.05) is 5.32 Å². The van der Waals surface area contributed by atoms with Crippen LogP contribution in [0.3, 0.4) is 0 Å². The lowest BCUT2D eigenvalue weighted by Crippen LogP contribution is -2.18. The molecule has 5 heteroatoms. The normalized spacial score (nSPS) is 14.2. The number of aliphatic hydroxyl groups excluding tert-OH is 1. The molecule has 0 radical (unpaired) electrons. The molecular weight excluding hydrogens is 296 g/mol. The summed E-state index contributed by atoms with van der Waals surface area (Å²) in [5.41, 5.74) is 0.920. The monoisotopic (exact) mass is 310 g/mol. The van der Waals surface area contributed by atoms with Crippen molar-refractivity contribution in [2.24, 2.45) is 0 Å². The zero-order valence-electron chi connectivity index (χ0n) is 10.0. The molecule has 0 aliphatic heterocycles. The van der Waals surface area contributed by atoms with E-state index in [1.54, 1.807) is 30.8 Å². The summed E-state index contributed by atoms with van der Waals surface area (Å²) in [6.45, 7) is 2.01. The third kappa shape index (κ3) is 3.58. The van der Waals surface area contributed by atoms with Crippen LogP contribution in [0.4, 0.5) is 5.69 Å². The first kappa shape index (κ1) is 13.1. The van der Waals surface area contributed by atoms with Crippen molar-refractivity contribution in [2.45, 2.75) is 25.5 Å². The summed E-state index contributed by atoms with van der Waals surface area (Å²) in [6.07, 6.45) is 5.02. The largest absolute Gasteiger partial charge is 0.467 e. The molecule has 2 rings (SSSR count). The van der Waals surface area contributed by atoms with E-state index in [0.29, 0.717) is 12.2 Å². The second-order valence-corrected chi connectivity index (χ2v) is 5.12. The van der Waals surface area contributed by atoms with E-state index in [-0.39, 0.29) is 6.04 Å². The predicted octanol–water partition coefficient (Wildman–Crippen LogP) is 3.36. The molecule has 0 bridgehead atoms. The number of nitrogens with one attached hydrogen (secondary N) is 1. The number of hydrogen-bond acceptors (Lipinski definition) is 4. The molecule has 2 aromatic heterocycles.